The predicted octanol–water partition coefficient (Wildman–Crippen LogP) is 1.83. The average molecular weight is 244 g/mol. The smallest absolute Gasteiger partial charge is 0.254 e. The van der Waals surface area contributed by atoms with Gasteiger partial charge in [0, 0.05) is 24.7 Å². The molecule has 1 fully saturated rings. The number of aryl methyl sites for hydroxylation is 1. The molecule has 1 unspecified atom stereocenters. The van der Waals surface area contributed by atoms with Crippen molar-refractivity contribution >= 4 is 5.91 Å². The zero-order chi connectivity index (χ0) is 12.4. The van der Waals surface area contributed by atoms with Gasteiger partial charge in [-0.1, -0.05) is 18.2 Å². The molecule has 18 heavy (non-hydrogen) atoms. The molecule has 1 aromatic rings. The third-order valence-corrected chi connectivity index (χ3v) is 4.01. The van der Waals surface area contributed by atoms with Gasteiger partial charge in [0.2, 0.25) is 0 Å². The molecule has 2 heterocycles. The van der Waals surface area contributed by atoms with Gasteiger partial charge < -0.3 is 10.2 Å². The average Bonchev–Trinajstić information content (AvgIpc) is 2.85. The van der Waals surface area contributed by atoms with Crippen LogP contribution in [0.2, 0.25) is 0 Å². The van der Waals surface area contributed by atoms with E-state index in [2.05, 4.69) is 11.4 Å². The molecule has 1 aromatic carbocycles. The Kier molecular flexibility index (Phi) is 3.33. The molecular weight excluding hydrogens is 224 g/mol. The molecule has 0 bridgehead atoms. The lowest BCUT2D eigenvalue weighted by atomic mass is 10.0. The molecule has 96 valence electrons. The number of amides is 1. The minimum absolute atomic E-state index is 0.219. The van der Waals surface area contributed by atoms with Crippen LogP contribution in [0.5, 0.6) is 0 Å². The van der Waals surface area contributed by atoms with Gasteiger partial charge in [0.05, 0.1) is 0 Å². The van der Waals surface area contributed by atoms with Crippen molar-refractivity contribution < 1.29 is 4.79 Å². The molecule has 0 spiro atoms. The Labute approximate surface area is 108 Å². The quantitative estimate of drug-likeness (QED) is 0.860. The van der Waals surface area contributed by atoms with Gasteiger partial charge in [-0.15, -0.1) is 0 Å². The van der Waals surface area contributed by atoms with Crippen molar-refractivity contribution in [1.29, 1.82) is 0 Å². The molecule has 0 saturated carbocycles. The first-order chi connectivity index (χ1) is 8.84. The summed E-state index contributed by atoms with van der Waals surface area (Å²) in [4.78, 5) is 14.6. The minimum atomic E-state index is 0.219. The van der Waals surface area contributed by atoms with E-state index in [0.717, 1.165) is 38.0 Å². The predicted molar refractivity (Wildman–Crippen MR) is 71.7 cm³/mol. The second kappa shape index (κ2) is 5.11. The van der Waals surface area contributed by atoms with Gasteiger partial charge in [-0.3, -0.25) is 4.79 Å². The van der Waals surface area contributed by atoms with Crippen LogP contribution in [0.1, 0.15) is 35.2 Å². The third kappa shape index (κ3) is 2.27. The number of carbonyl (C=O) groups is 1. The normalized spacial score (nSPS) is 23.9. The highest BCUT2D eigenvalue weighted by atomic mass is 16.2. The van der Waals surface area contributed by atoms with Crippen LogP contribution in [0.25, 0.3) is 0 Å². The number of benzene rings is 1. The summed E-state index contributed by atoms with van der Waals surface area (Å²) in [5.41, 5.74) is 2.12. The molecule has 3 rings (SSSR count). The number of nitrogens with zero attached hydrogens (tertiary/aromatic N) is 1. The van der Waals surface area contributed by atoms with Gasteiger partial charge >= 0.3 is 0 Å². The summed E-state index contributed by atoms with van der Waals surface area (Å²) < 4.78 is 0. The van der Waals surface area contributed by atoms with E-state index in [9.17, 15) is 4.79 Å². The summed E-state index contributed by atoms with van der Waals surface area (Å²) in [7, 11) is 0. The summed E-state index contributed by atoms with van der Waals surface area (Å²) in [6, 6.07) is 8.55. The van der Waals surface area contributed by atoms with Crippen molar-refractivity contribution in [3.8, 4) is 0 Å². The standard InChI is InChI=1S/C15H20N2O/c18-15-14-8-2-1-5-12(14)6-4-10-17(15)11-13-7-3-9-16-13/h1-2,5,8,13,16H,3-4,6-7,9-11H2. The maximum atomic E-state index is 12.5. The number of hydrogen-bond acceptors (Lipinski definition) is 2. The van der Waals surface area contributed by atoms with Crippen LogP contribution in [0.4, 0.5) is 0 Å². The molecule has 2 aliphatic rings. The number of rotatable bonds is 2. The molecule has 1 atom stereocenters. The SMILES string of the molecule is O=C1c2ccccc2CCCN1CC1CCCN1. The van der Waals surface area contributed by atoms with E-state index in [4.69, 9.17) is 0 Å². The van der Waals surface area contributed by atoms with Gasteiger partial charge in [-0.05, 0) is 43.9 Å². The maximum Gasteiger partial charge on any atom is 0.254 e. The van der Waals surface area contributed by atoms with Crippen LogP contribution < -0.4 is 5.32 Å². The van der Waals surface area contributed by atoms with Crippen molar-refractivity contribution in [1.82, 2.24) is 10.2 Å². The second-order valence-electron chi connectivity index (χ2n) is 5.31. The fraction of sp³-hybridized carbons (Fsp3) is 0.533. The van der Waals surface area contributed by atoms with E-state index in [1.54, 1.807) is 0 Å². The van der Waals surface area contributed by atoms with Crippen LogP contribution in [0.15, 0.2) is 24.3 Å². The molecule has 1 saturated heterocycles. The third-order valence-electron chi connectivity index (χ3n) is 4.01. The Morgan fingerprint density at radius 1 is 1.28 bits per heavy atom. The van der Waals surface area contributed by atoms with E-state index in [1.807, 2.05) is 23.1 Å². The van der Waals surface area contributed by atoms with Crippen molar-refractivity contribution in [3.63, 3.8) is 0 Å². The highest BCUT2D eigenvalue weighted by molar-refractivity contribution is 5.96. The first-order valence-electron chi connectivity index (χ1n) is 6.95. The summed E-state index contributed by atoms with van der Waals surface area (Å²) in [6.45, 7) is 2.86. The van der Waals surface area contributed by atoms with Gasteiger partial charge in [0.25, 0.3) is 5.91 Å². The second-order valence-corrected chi connectivity index (χ2v) is 5.31. The van der Waals surface area contributed by atoms with E-state index >= 15 is 0 Å². The fourth-order valence-corrected chi connectivity index (χ4v) is 3.03. The molecule has 2 aliphatic heterocycles. The molecule has 1 amide bonds. The largest absolute Gasteiger partial charge is 0.337 e. The molecule has 0 aromatic heterocycles. The highest BCUT2D eigenvalue weighted by Gasteiger charge is 2.25. The highest BCUT2D eigenvalue weighted by Crippen LogP contribution is 2.19. The van der Waals surface area contributed by atoms with Gasteiger partial charge in [0.15, 0.2) is 0 Å². The summed E-state index contributed by atoms with van der Waals surface area (Å²) in [6.07, 6.45) is 4.54. The van der Waals surface area contributed by atoms with Crippen molar-refractivity contribution in [3.05, 3.63) is 35.4 Å². The van der Waals surface area contributed by atoms with Crippen molar-refractivity contribution in [2.75, 3.05) is 19.6 Å². The van der Waals surface area contributed by atoms with Crippen LogP contribution >= 0.6 is 0 Å². The molecule has 1 N–H and O–H groups in total. The molecule has 0 radical (unpaired) electrons. The first-order valence-corrected chi connectivity index (χ1v) is 6.95. The summed E-state index contributed by atoms with van der Waals surface area (Å²) in [5, 5.41) is 3.47. The molecular formula is C15H20N2O. The number of nitrogens with one attached hydrogen (secondary N) is 1. The van der Waals surface area contributed by atoms with E-state index in [-0.39, 0.29) is 5.91 Å². The number of fused-ring (bicyclic) bond motifs is 1. The lowest BCUT2D eigenvalue weighted by molar-refractivity contribution is 0.0747. The topological polar surface area (TPSA) is 32.3 Å². The monoisotopic (exact) mass is 244 g/mol. The van der Waals surface area contributed by atoms with Crippen LogP contribution in [0.3, 0.4) is 0 Å². The van der Waals surface area contributed by atoms with Gasteiger partial charge in [-0.2, -0.15) is 0 Å². The summed E-state index contributed by atoms with van der Waals surface area (Å²) >= 11 is 0. The van der Waals surface area contributed by atoms with Crippen LogP contribution in [-0.4, -0.2) is 36.5 Å². The van der Waals surface area contributed by atoms with Gasteiger partial charge in [-0.25, -0.2) is 0 Å². The maximum absolute atomic E-state index is 12.5. The lowest BCUT2D eigenvalue weighted by Crippen LogP contribution is -2.41. The van der Waals surface area contributed by atoms with E-state index in [0.29, 0.717) is 6.04 Å². The Morgan fingerprint density at radius 3 is 3.00 bits per heavy atom. The van der Waals surface area contributed by atoms with Gasteiger partial charge in [0.1, 0.15) is 0 Å². The first kappa shape index (κ1) is 11.7. The van der Waals surface area contributed by atoms with Crippen molar-refractivity contribution in [2.45, 2.75) is 31.7 Å². The molecule has 0 aliphatic carbocycles. The molecule has 3 heteroatoms. The minimum Gasteiger partial charge on any atom is -0.337 e. The Bertz CT molecular complexity index is 438. The number of hydrogen-bond donors (Lipinski definition) is 1. The van der Waals surface area contributed by atoms with Crippen LogP contribution in [-0.2, 0) is 6.42 Å². The Morgan fingerprint density at radius 2 is 2.17 bits per heavy atom. The number of carbonyl (C=O) groups excluding carboxylic acids is 1. The van der Waals surface area contributed by atoms with Crippen LogP contribution in [0, 0.1) is 0 Å². The lowest BCUT2D eigenvalue weighted by Gasteiger charge is -2.24. The van der Waals surface area contributed by atoms with E-state index in [1.165, 1.54) is 18.4 Å². The Hall–Kier alpha value is -1.35. The zero-order valence-corrected chi connectivity index (χ0v) is 10.7. The zero-order valence-electron chi connectivity index (χ0n) is 10.7. The van der Waals surface area contributed by atoms with E-state index < -0.39 is 0 Å². The fourth-order valence-electron chi connectivity index (χ4n) is 3.03. The Balaban J connectivity index is 1.78. The van der Waals surface area contributed by atoms with Crippen molar-refractivity contribution in [2.24, 2.45) is 0 Å². The summed E-state index contributed by atoms with van der Waals surface area (Å²) in [5.74, 6) is 0.219. The molecule has 3 nitrogen and oxygen atoms in total.